The van der Waals surface area contributed by atoms with Crippen molar-refractivity contribution < 1.29 is 31.5 Å². The molecule has 2 atom stereocenters. The fourth-order valence-corrected chi connectivity index (χ4v) is 4.81. The fourth-order valence-electron chi connectivity index (χ4n) is 3.34. The minimum atomic E-state index is -3.91. The van der Waals surface area contributed by atoms with Crippen molar-refractivity contribution in [3.05, 3.63) is 59.2 Å². The molecule has 0 aliphatic carbocycles. The van der Waals surface area contributed by atoms with Gasteiger partial charge < -0.3 is 9.47 Å². The van der Waals surface area contributed by atoms with Gasteiger partial charge in [0, 0.05) is 19.2 Å². The molecule has 0 spiro atoms. The molecule has 2 aliphatic rings. The van der Waals surface area contributed by atoms with Crippen LogP contribution in [0.25, 0.3) is 0 Å². The fraction of sp³-hybridized carbons (Fsp3) is 0.333. The highest BCUT2D eigenvalue weighted by Crippen LogP contribution is 2.35. The molecule has 1 N–H and O–H groups in total. The van der Waals surface area contributed by atoms with Gasteiger partial charge in [0.05, 0.1) is 12.6 Å². The van der Waals surface area contributed by atoms with Crippen molar-refractivity contribution in [2.45, 2.75) is 17.8 Å². The van der Waals surface area contributed by atoms with E-state index in [9.17, 15) is 17.2 Å². The van der Waals surface area contributed by atoms with E-state index in [0.29, 0.717) is 17.1 Å². The SMILES string of the molecule is CN1OCC(S(=O)(=O)NCc2ccc3c(c2)OCO3)C1c1cc(F)ccc1F. The summed E-state index contributed by atoms with van der Waals surface area (Å²) in [5, 5.41) is 0.130. The number of nitrogens with one attached hydrogen (secondary N) is 1. The summed E-state index contributed by atoms with van der Waals surface area (Å²) in [6.45, 7) is -0.0394. The van der Waals surface area contributed by atoms with Crippen LogP contribution in [-0.4, -0.2) is 39.2 Å². The molecular weight excluding hydrogens is 394 g/mol. The molecule has 2 heterocycles. The van der Waals surface area contributed by atoms with Crippen LogP contribution in [0.4, 0.5) is 8.78 Å². The van der Waals surface area contributed by atoms with E-state index < -0.39 is 32.9 Å². The Hall–Kier alpha value is -2.27. The highest BCUT2D eigenvalue weighted by Gasteiger charge is 2.44. The topological polar surface area (TPSA) is 77.1 Å². The number of nitrogens with zero attached hydrogens (tertiary/aromatic N) is 1. The monoisotopic (exact) mass is 412 g/mol. The van der Waals surface area contributed by atoms with Crippen LogP contribution in [-0.2, 0) is 21.4 Å². The van der Waals surface area contributed by atoms with Crippen molar-refractivity contribution in [1.82, 2.24) is 9.79 Å². The van der Waals surface area contributed by atoms with Gasteiger partial charge in [-0.1, -0.05) is 6.07 Å². The van der Waals surface area contributed by atoms with Crippen molar-refractivity contribution in [2.75, 3.05) is 20.4 Å². The van der Waals surface area contributed by atoms with E-state index in [1.807, 2.05) is 0 Å². The number of fused-ring (bicyclic) bond motifs is 1. The van der Waals surface area contributed by atoms with Crippen molar-refractivity contribution >= 4 is 10.0 Å². The Bertz CT molecular complexity index is 1000. The molecule has 150 valence electrons. The number of halogens is 2. The number of ether oxygens (including phenoxy) is 2. The predicted octanol–water partition coefficient (Wildman–Crippen LogP) is 2.10. The molecule has 0 radical (unpaired) electrons. The van der Waals surface area contributed by atoms with E-state index in [1.165, 1.54) is 12.1 Å². The first-order chi connectivity index (χ1) is 13.3. The summed E-state index contributed by atoms with van der Waals surface area (Å²) < 4.78 is 66.6. The first-order valence-corrected chi connectivity index (χ1v) is 10.1. The van der Waals surface area contributed by atoms with E-state index in [1.54, 1.807) is 18.2 Å². The van der Waals surface area contributed by atoms with E-state index in [4.69, 9.17) is 14.3 Å². The lowest BCUT2D eigenvalue weighted by Crippen LogP contribution is -2.39. The van der Waals surface area contributed by atoms with E-state index in [0.717, 1.165) is 18.2 Å². The molecule has 1 saturated heterocycles. The Balaban J connectivity index is 1.55. The normalized spacial score (nSPS) is 22.0. The molecule has 10 heteroatoms. The maximum Gasteiger partial charge on any atom is 0.231 e. The minimum Gasteiger partial charge on any atom is -0.454 e. The van der Waals surface area contributed by atoms with Crippen LogP contribution in [0.1, 0.15) is 17.2 Å². The van der Waals surface area contributed by atoms with Gasteiger partial charge in [0.2, 0.25) is 16.8 Å². The molecule has 2 aromatic rings. The molecule has 2 unspecified atom stereocenters. The van der Waals surface area contributed by atoms with Crippen molar-refractivity contribution in [2.24, 2.45) is 0 Å². The predicted molar refractivity (Wildman–Crippen MR) is 94.9 cm³/mol. The van der Waals surface area contributed by atoms with Gasteiger partial charge in [0.15, 0.2) is 11.5 Å². The Morgan fingerprint density at radius 1 is 1.14 bits per heavy atom. The first-order valence-electron chi connectivity index (χ1n) is 8.53. The second-order valence-electron chi connectivity index (χ2n) is 6.54. The summed E-state index contributed by atoms with van der Waals surface area (Å²) in [7, 11) is -2.42. The number of rotatable bonds is 5. The maximum atomic E-state index is 14.2. The average Bonchev–Trinajstić information content (AvgIpc) is 3.28. The molecule has 4 rings (SSSR count). The maximum absolute atomic E-state index is 14.2. The van der Waals surface area contributed by atoms with Crippen LogP contribution < -0.4 is 14.2 Å². The molecule has 0 saturated carbocycles. The van der Waals surface area contributed by atoms with Crippen molar-refractivity contribution in [3.63, 3.8) is 0 Å². The Labute approximate surface area is 160 Å². The second-order valence-corrected chi connectivity index (χ2v) is 8.53. The zero-order valence-electron chi connectivity index (χ0n) is 14.9. The Morgan fingerprint density at radius 2 is 1.93 bits per heavy atom. The zero-order chi connectivity index (χ0) is 19.9. The number of hydrogen-bond donors (Lipinski definition) is 1. The minimum absolute atomic E-state index is 0.0114. The van der Waals surface area contributed by atoms with E-state index >= 15 is 0 Å². The van der Waals surface area contributed by atoms with Gasteiger partial charge in [-0.2, -0.15) is 5.06 Å². The van der Waals surface area contributed by atoms with Gasteiger partial charge in [0.1, 0.15) is 16.9 Å². The van der Waals surface area contributed by atoms with E-state index in [2.05, 4.69) is 4.72 Å². The van der Waals surface area contributed by atoms with Crippen LogP contribution in [0.2, 0.25) is 0 Å². The third-order valence-electron chi connectivity index (χ3n) is 4.78. The third kappa shape index (κ3) is 3.55. The van der Waals surface area contributed by atoms with Crippen LogP contribution in [0, 0.1) is 11.6 Å². The summed E-state index contributed by atoms with van der Waals surface area (Å²) >= 11 is 0. The molecular formula is C18H18F2N2O5S. The lowest BCUT2D eigenvalue weighted by Gasteiger charge is -2.23. The number of benzene rings is 2. The summed E-state index contributed by atoms with van der Waals surface area (Å²) in [6, 6.07) is 7.07. The zero-order valence-corrected chi connectivity index (χ0v) is 15.7. The summed E-state index contributed by atoms with van der Waals surface area (Å²) in [5.41, 5.74) is 0.604. The molecule has 2 aliphatic heterocycles. The highest BCUT2D eigenvalue weighted by molar-refractivity contribution is 7.90. The second kappa shape index (κ2) is 7.28. The van der Waals surface area contributed by atoms with E-state index in [-0.39, 0.29) is 25.5 Å². The van der Waals surface area contributed by atoms with Gasteiger partial charge in [-0.25, -0.2) is 21.9 Å². The number of hydrogen-bond acceptors (Lipinski definition) is 6. The molecule has 1 fully saturated rings. The van der Waals surface area contributed by atoms with Gasteiger partial charge in [-0.05, 0) is 35.9 Å². The summed E-state index contributed by atoms with van der Waals surface area (Å²) in [5.74, 6) is -0.208. The van der Waals surface area contributed by atoms with Gasteiger partial charge in [0.25, 0.3) is 0 Å². The van der Waals surface area contributed by atoms with Gasteiger partial charge in [-0.15, -0.1) is 0 Å². The Morgan fingerprint density at radius 3 is 2.75 bits per heavy atom. The summed E-state index contributed by atoms with van der Waals surface area (Å²) in [4.78, 5) is 5.31. The van der Waals surface area contributed by atoms with Crippen LogP contribution in [0.3, 0.4) is 0 Å². The number of sulfonamides is 1. The quantitative estimate of drug-likeness (QED) is 0.811. The average molecular weight is 412 g/mol. The van der Waals surface area contributed by atoms with Crippen molar-refractivity contribution in [3.8, 4) is 11.5 Å². The molecule has 0 aromatic heterocycles. The standard InChI is InChI=1S/C18H18F2N2O5S/c1-22-18(13-7-12(19)3-4-14(13)20)17(9-27-22)28(23,24)21-8-11-2-5-15-16(6-11)26-10-25-15/h2-7,17-18,21H,8-10H2,1H3. The Kier molecular flexibility index (Phi) is 4.96. The third-order valence-corrected chi connectivity index (χ3v) is 6.51. The molecule has 7 nitrogen and oxygen atoms in total. The lowest BCUT2D eigenvalue weighted by atomic mass is 10.0. The highest BCUT2D eigenvalue weighted by atomic mass is 32.2. The first kappa shape index (κ1) is 19.1. The smallest absolute Gasteiger partial charge is 0.231 e. The van der Waals surface area contributed by atoms with Gasteiger partial charge >= 0.3 is 0 Å². The molecule has 2 aromatic carbocycles. The van der Waals surface area contributed by atoms with Crippen LogP contribution in [0.5, 0.6) is 11.5 Å². The number of hydroxylamine groups is 2. The summed E-state index contributed by atoms with van der Waals surface area (Å²) in [6.07, 6.45) is 0. The van der Waals surface area contributed by atoms with Gasteiger partial charge in [-0.3, -0.25) is 4.84 Å². The molecule has 0 amide bonds. The van der Waals surface area contributed by atoms with Crippen LogP contribution >= 0.6 is 0 Å². The largest absolute Gasteiger partial charge is 0.454 e. The van der Waals surface area contributed by atoms with Crippen molar-refractivity contribution in [1.29, 1.82) is 0 Å². The lowest BCUT2D eigenvalue weighted by molar-refractivity contribution is -0.111. The van der Waals surface area contributed by atoms with Crippen LogP contribution in [0.15, 0.2) is 36.4 Å². The molecule has 0 bridgehead atoms. The molecule has 28 heavy (non-hydrogen) atoms.